The molecule has 0 aromatic heterocycles. The van der Waals surface area contributed by atoms with Gasteiger partial charge >= 0.3 is 0 Å². The van der Waals surface area contributed by atoms with Crippen LogP contribution in [-0.4, -0.2) is 33.6 Å². The van der Waals surface area contributed by atoms with Gasteiger partial charge in [-0.1, -0.05) is 11.6 Å². The highest BCUT2D eigenvalue weighted by Gasteiger charge is 2.37. The Morgan fingerprint density at radius 3 is 2.63 bits per heavy atom. The molecule has 1 aromatic carbocycles. The van der Waals surface area contributed by atoms with Gasteiger partial charge in [-0.15, -0.1) is 0 Å². The van der Waals surface area contributed by atoms with E-state index in [0.717, 1.165) is 0 Å². The quantitative estimate of drug-likeness (QED) is 0.802. The van der Waals surface area contributed by atoms with E-state index >= 15 is 0 Å². The van der Waals surface area contributed by atoms with Crippen molar-refractivity contribution in [3.8, 4) is 0 Å². The van der Waals surface area contributed by atoms with Crippen LogP contribution in [0.3, 0.4) is 0 Å². The average Bonchev–Trinajstić information content (AvgIpc) is 2.65. The molecule has 0 radical (unpaired) electrons. The molecule has 1 atom stereocenters. The normalized spacial score (nSPS) is 22.3. The number of nitrogens with two attached hydrogens (primary N) is 1. The standard InChI is InChI=1S/C10H13ClN2O4S2/c11-9-2-1-7(12)5-10(9)13-19(16,17)8-3-4-18(14,15)6-8/h1-2,5,8,13H,3-4,6,12H2. The Labute approximate surface area is 116 Å². The van der Waals surface area contributed by atoms with E-state index in [1.807, 2.05) is 0 Å². The third-order valence-corrected chi connectivity index (χ3v) is 6.97. The number of sulfone groups is 1. The molecule has 19 heavy (non-hydrogen) atoms. The van der Waals surface area contributed by atoms with Gasteiger partial charge in [-0.3, -0.25) is 4.72 Å². The van der Waals surface area contributed by atoms with Crippen LogP contribution >= 0.6 is 11.6 Å². The second-order valence-corrected chi connectivity index (χ2v) is 9.01. The van der Waals surface area contributed by atoms with Gasteiger partial charge in [-0.2, -0.15) is 0 Å². The monoisotopic (exact) mass is 324 g/mol. The first-order chi connectivity index (χ1) is 8.70. The van der Waals surface area contributed by atoms with Crippen LogP contribution in [0.25, 0.3) is 0 Å². The zero-order valence-corrected chi connectivity index (χ0v) is 12.2. The summed E-state index contributed by atoms with van der Waals surface area (Å²) in [5.74, 6) is -0.467. The van der Waals surface area contributed by atoms with Crippen molar-refractivity contribution in [1.82, 2.24) is 0 Å². The minimum Gasteiger partial charge on any atom is -0.399 e. The SMILES string of the molecule is Nc1ccc(Cl)c(NS(=O)(=O)C2CCS(=O)(=O)C2)c1. The predicted molar refractivity (Wildman–Crippen MR) is 75.5 cm³/mol. The molecule has 0 spiro atoms. The summed E-state index contributed by atoms with van der Waals surface area (Å²) in [6, 6.07) is 4.41. The summed E-state index contributed by atoms with van der Waals surface area (Å²) in [6.45, 7) is 0. The van der Waals surface area contributed by atoms with Gasteiger partial charge in [0.15, 0.2) is 9.84 Å². The first-order valence-electron chi connectivity index (χ1n) is 5.47. The summed E-state index contributed by atoms with van der Waals surface area (Å²) in [4.78, 5) is 0. The number of nitrogens with one attached hydrogen (secondary N) is 1. The van der Waals surface area contributed by atoms with Crippen molar-refractivity contribution in [2.45, 2.75) is 11.7 Å². The smallest absolute Gasteiger partial charge is 0.236 e. The van der Waals surface area contributed by atoms with Crippen LogP contribution in [0.4, 0.5) is 11.4 Å². The summed E-state index contributed by atoms with van der Waals surface area (Å²) in [5.41, 5.74) is 6.07. The second kappa shape index (κ2) is 4.84. The maximum atomic E-state index is 12.1. The summed E-state index contributed by atoms with van der Waals surface area (Å²) < 4.78 is 49.1. The highest BCUT2D eigenvalue weighted by atomic mass is 35.5. The van der Waals surface area contributed by atoms with Gasteiger partial charge in [0.05, 0.1) is 27.5 Å². The fourth-order valence-electron chi connectivity index (χ4n) is 1.86. The Morgan fingerprint density at radius 1 is 1.37 bits per heavy atom. The van der Waals surface area contributed by atoms with Crippen molar-refractivity contribution < 1.29 is 16.8 Å². The molecule has 1 heterocycles. The Hall–Kier alpha value is -0.990. The number of halogens is 1. The van der Waals surface area contributed by atoms with Gasteiger partial charge in [0, 0.05) is 5.69 Å². The van der Waals surface area contributed by atoms with E-state index in [4.69, 9.17) is 17.3 Å². The number of anilines is 2. The van der Waals surface area contributed by atoms with E-state index in [1.165, 1.54) is 12.1 Å². The minimum absolute atomic E-state index is 0.0948. The maximum Gasteiger partial charge on any atom is 0.236 e. The molecule has 106 valence electrons. The van der Waals surface area contributed by atoms with Gasteiger partial charge in [0.25, 0.3) is 0 Å². The molecular formula is C10H13ClN2O4S2. The lowest BCUT2D eigenvalue weighted by Gasteiger charge is -2.14. The van der Waals surface area contributed by atoms with Crippen LogP contribution in [-0.2, 0) is 19.9 Å². The molecule has 1 aliphatic heterocycles. The number of hydrogen-bond acceptors (Lipinski definition) is 5. The zero-order valence-electron chi connectivity index (χ0n) is 9.84. The third kappa shape index (κ3) is 3.31. The van der Waals surface area contributed by atoms with Gasteiger partial charge in [0.2, 0.25) is 10.0 Å². The number of sulfonamides is 1. The van der Waals surface area contributed by atoms with Crippen LogP contribution in [0, 0.1) is 0 Å². The fourth-order valence-corrected chi connectivity index (χ4v) is 6.19. The zero-order chi connectivity index (χ0) is 14.3. The molecule has 0 amide bonds. The van der Waals surface area contributed by atoms with Crippen molar-refractivity contribution in [3.63, 3.8) is 0 Å². The minimum atomic E-state index is -3.79. The van der Waals surface area contributed by atoms with E-state index in [1.54, 1.807) is 6.07 Å². The predicted octanol–water partition coefficient (Wildman–Crippen LogP) is 0.851. The first kappa shape index (κ1) is 14.4. The largest absolute Gasteiger partial charge is 0.399 e. The molecule has 1 aliphatic rings. The lowest BCUT2D eigenvalue weighted by molar-refractivity contribution is 0.587. The van der Waals surface area contributed by atoms with Crippen molar-refractivity contribution >= 4 is 42.8 Å². The van der Waals surface area contributed by atoms with Crippen molar-refractivity contribution in [2.75, 3.05) is 22.0 Å². The summed E-state index contributed by atoms with van der Waals surface area (Å²) in [6.07, 6.45) is 0.0948. The molecule has 1 fully saturated rings. The molecule has 0 bridgehead atoms. The molecule has 0 saturated carbocycles. The summed E-state index contributed by atoms with van der Waals surface area (Å²) >= 11 is 5.86. The van der Waals surface area contributed by atoms with Crippen LogP contribution in [0.15, 0.2) is 18.2 Å². The van der Waals surface area contributed by atoms with Crippen molar-refractivity contribution in [3.05, 3.63) is 23.2 Å². The Morgan fingerprint density at radius 2 is 2.05 bits per heavy atom. The van der Waals surface area contributed by atoms with Crippen LogP contribution in [0.5, 0.6) is 0 Å². The molecule has 2 rings (SSSR count). The Balaban J connectivity index is 2.25. The topological polar surface area (TPSA) is 106 Å². The van der Waals surface area contributed by atoms with E-state index < -0.39 is 25.1 Å². The summed E-state index contributed by atoms with van der Waals surface area (Å²) in [7, 11) is -7.06. The fraction of sp³-hybridized carbons (Fsp3) is 0.400. The highest BCUT2D eigenvalue weighted by molar-refractivity contribution is 7.97. The number of benzene rings is 1. The van der Waals surface area contributed by atoms with E-state index in [2.05, 4.69) is 4.72 Å². The molecular weight excluding hydrogens is 312 g/mol. The summed E-state index contributed by atoms with van der Waals surface area (Å²) in [5, 5.41) is -0.742. The number of rotatable bonds is 3. The molecule has 0 aliphatic carbocycles. The Bertz CT molecular complexity index is 700. The second-order valence-electron chi connectivity index (χ2n) is 4.41. The van der Waals surface area contributed by atoms with Crippen LogP contribution in [0.1, 0.15) is 6.42 Å². The molecule has 9 heteroatoms. The molecule has 1 aromatic rings. The molecule has 1 saturated heterocycles. The van der Waals surface area contributed by atoms with E-state index in [-0.39, 0.29) is 28.6 Å². The van der Waals surface area contributed by atoms with Gasteiger partial charge in [0.1, 0.15) is 0 Å². The number of nitrogen functional groups attached to an aromatic ring is 1. The Kier molecular flexibility index (Phi) is 3.67. The van der Waals surface area contributed by atoms with Crippen LogP contribution in [0.2, 0.25) is 5.02 Å². The van der Waals surface area contributed by atoms with Gasteiger partial charge in [-0.25, -0.2) is 16.8 Å². The van der Waals surface area contributed by atoms with Gasteiger partial charge in [-0.05, 0) is 24.6 Å². The van der Waals surface area contributed by atoms with E-state index in [0.29, 0.717) is 5.69 Å². The number of hydrogen-bond donors (Lipinski definition) is 2. The molecule has 1 unspecified atom stereocenters. The first-order valence-corrected chi connectivity index (χ1v) is 9.21. The molecule has 3 N–H and O–H groups in total. The third-order valence-electron chi connectivity index (χ3n) is 2.87. The van der Waals surface area contributed by atoms with Crippen molar-refractivity contribution in [1.29, 1.82) is 0 Å². The molecule has 6 nitrogen and oxygen atoms in total. The van der Waals surface area contributed by atoms with E-state index in [9.17, 15) is 16.8 Å². The highest BCUT2D eigenvalue weighted by Crippen LogP contribution is 2.27. The van der Waals surface area contributed by atoms with Gasteiger partial charge < -0.3 is 5.73 Å². The average molecular weight is 325 g/mol. The van der Waals surface area contributed by atoms with Crippen molar-refractivity contribution in [2.24, 2.45) is 0 Å². The lowest BCUT2D eigenvalue weighted by atomic mass is 10.3. The van der Waals surface area contributed by atoms with Crippen LogP contribution < -0.4 is 10.5 Å². The lowest BCUT2D eigenvalue weighted by Crippen LogP contribution is -2.29. The maximum absolute atomic E-state index is 12.1.